The lowest BCUT2D eigenvalue weighted by Crippen LogP contribution is -2.15. The van der Waals surface area contributed by atoms with E-state index in [9.17, 15) is 9.59 Å². The molecule has 0 fully saturated rings. The van der Waals surface area contributed by atoms with E-state index in [0.717, 1.165) is 16.8 Å². The number of rotatable bonds is 3. The molecular formula is C16H16N2O3. The highest BCUT2D eigenvalue weighted by atomic mass is 16.5. The third-order valence-corrected chi connectivity index (χ3v) is 3.05. The predicted molar refractivity (Wildman–Crippen MR) is 79.4 cm³/mol. The zero-order valence-electron chi connectivity index (χ0n) is 12.1. The Balaban J connectivity index is 2.15. The summed E-state index contributed by atoms with van der Waals surface area (Å²) >= 11 is 0. The first-order chi connectivity index (χ1) is 10.0. The first-order valence-corrected chi connectivity index (χ1v) is 6.44. The smallest absolute Gasteiger partial charge is 0.339 e. The third-order valence-electron chi connectivity index (χ3n) is 3.05. The van der Waals surface area contributed by atoms with E-state index in [4.69, 9.17) is 0 Å². The van der Waals surface area contributed by atoms with Crippen LogP contribution in [0.3, 0.4) is 0 Å². The van der Waals surface area contributed by atoms with Gasteiger partial charge in [0.15, 0.2) is 0 Å². The van der Waals surface area contributed by atoms with E-state index in [-0.39, 0.29) is 11.6 Å². The predicted octanol–water partition coefficient (Wildman–Crippen LogP) is 2.74. The highest BCUT2D eigenvalue weighted by Gasteiger charge is 2.11. The molecule has 0 aliphatic carbocycles. The molecule has 0 saturated heterocycles. The molecule has 0 atom stereocenters. The molecule has 108 valence electrons. The van der Waals surface area contributed by atoms with E-state index in [1.807, 2.05) is 32.0 Å². The summed E-state index contributed by atoms with van der Waals surface area (Å²) < 4.78 is 4.58. The van der Waals surface area contributed by atoms with Crippen LogP contribution in [0.5, 0.6) is 0 Å². The van der Waals surface area contributed by atoms with Gasteiger partial charge in [0.05, 0.1) is 12.7 Å². The minimum atomic E-state index is -0.483. The van der Waals surface area contributed by atoms with Crippen molar-refractivity contribution in [3.8, 4) is 0 Å². The van der Waals surface area contributed by atoms with Crippen LogP contribution in [-0.4, -0.2) is 24.0 Å². The van der Waals surface area contributed by atoms with Crippen molar-refractivity contribution in [1.29, 1.82) is 0 Å². The van der Waals surface area contributed by atoms with Crippen LogP contribution in [0, 0.1) is 13.8 Å². The average molecular weight is 284 g/mol. The van der Waals surface area contributed by atoms with E-state index in [1.54, 1.807) is 0 Å². The molecule has 5 nitrogen and oxygen atoms in total. The Labute approximate surface area is 123 Å². The molecule has 0 unspecified atom stereocenters. The number of nitrogens with one attached hydrogen (secondary N) is 1. The number of amides is 1. The van der Waals surface area contributed by atoms with Gasteiger partial charge in [-0.15, -0.1) is 0 Å². The highest BCUT2D eigenvalue weighted by Crippen LogP contribution is 2.16. The third kappa shape index (κ3) is 3.45. The van der Waals surface area contributed by atoms with Crippen LogP contribution in [0.1, 0.15) is 32.0 Å². The molecule has 2 rings (SSSR count). The molecule has 0 radical (unpaired) electrons. The molecule has 0 saturated carbocycles. The van der Waals surface area contributed by atoms with Crippen molar-refractivity contribution < 1.29 is 14.3 Å². The number of carbonyl (C=O) groups is 2. The molecule has 5 heteroatoms. The van der Waals surface area contributed by atoms with Crippen LogP contribution in [0.2, 0.25) is 0 Å². The Morgan fingerprint density at radius 2 is 1.90 bits per heavy atom. The second kappa shape index (κ2) is 6.17. The number of aromatic nitrogens is 1. The fraction of sp³-hybridized carbons (Fsp3) is 0.188. The standard InChI is InChI=1S/C16H16N2O3/c1-10-4-6-13(11(2)8-10)18-15(19)14-7-5-12(9-17-14)16(20)21-3/h4-9H,1-3H3,(H,18,19). The number of aryl methyl sites for hydroxylation is 2. The second-order valence-corrected chi connectivity index (χ2v) is 4.70. The summed E-state index contributed by atoms with van der Waals surface area (Å²) in [5.74, 6) is -0.804. The maximum atomic E-state index is 12.1. The van der Waals surface area contributed by atoms with Crippen molar-refractivity contribution in [2.24, 2.45) is 0 Å². The summed E-state index contributed by atoms with van der Waals surface area (Å²) in [6.07, 6.45) is 1.32. The van der Waals surface area contributed by atoms with Gasteiger partial charge in [0.25, 0.3) is 5.91 Å². The van der Waals surface area contributed by atoms with E-state index in [2.05, 4.69) is 15.0 Å². The quantitative estimate of drug-likeness (QED) is 0.880. The minimum Gasteiger partial charge on any atom is -0.465 e. The molecule has 1 heterocycles. The molecule has 1 aromatic carbocycles. The lowest BCUT2D eigenvalue weighted by molar-refractivity contribution is 0.0600. The molecule has 0 aliphatic heterocycles. The molecule has 1 amide bonds. The Morgan fingerprint density at radius 1 is 1.14 bits per heavy atom. The first kappa shape index (κ1) is 14.7. The van der Waals surface area contributed by atoms with Crippen LogP contribution in [-0.2, 0) is 4.74 Å². The monoisotopic (exact) mass is 284 g/mol. The highest BCUT2D eigenvalue weighted by molar-refractivity contribution is 6.03. The number of anilines is 1. The Morgan fingerprint density at radius 3 is 2.48 bits per heavy atom. The summed E-state index contributed by atoms with van der Waals surface area (Å²) in [4.78, 5) is 27.4. The van der Waals surface area contributed by atoms with Gasteiger partial charge >= 0.3 is 5.97 Å². The molecular weight excluding hydrogens is 268 g/mol. The van der Waals surface area contributed by atoms with Crippen molar-refractivity contribution in [3.05, 3.63) is 58.9 Å². The van der Waals surface area contributed by atoms with Crippen LogP contribution < -0.4 is 5.32 Å². The van der Waals surface area contributed by atoms with E-state index in [1.165, 1.54) is 25.4 Å². The van der Waals surface area contributed by atoms with Crippen LogP contribution in [0.25, 0.3) is 0 Å². The number of hydrogen-bond donors (Lipinski definition) is 1. The Bertz CT molecular complexity index is 678. The molecule has 0 spiro atoms. The zero-order chi connectivity index (χ0) is 15.4. The first-order valence-electron chi connectivity index (χ1n) is 6.44. The lowest BCUT2D eigenvalue weighted by atomic mass is 10.1. The zero-order valence-corrected chi connectivity index (χ0v) is 12.1. The normalized spacial score (nSPS) is 10.0. The van der Waals surface area contributed by atoms with Gasteiger partial charge in [-0.3, -0.25) is 9.78 Å². The topological polar surface area (TPSA) is 68.3 Å². The van der Waals surface area contributed by atoms with Gasteiger partial charge in [-0.1, -0.05) is 17.7 Å². The molecule has 1 aromatic heterocycles. The van der Waals surface area contributed by atoms with E-state index in [0.29, 0.717) is 5.56 Å². The number of pyridine rings is 1. The Kier molecular flexibility index (Phi) is 4.33. The lowest BCUT2D eigenvalue weighted by Gasteiger charge is -2.09. The van der Waals surface area contributed by atoms with Crippen LogP contribution in [0.15, 0.2) is 36.5 Å². The number of nitrogens with zero attached hydrogens (tertiary/aromatic N) is 1. The molecule has 21 heavy (non-hydrogen) atoms. The van der Waals surface area contributed by atoms with Gasteiger partial charge in [-0.25, -0.2) is 4.79 Å². The fourth-order valence-corrected chi connectivity index (χ4v) is 1.91. The molecule has 0 bridgehead atoms. The van der Waals surface area contributed by atoms with Crippen molar-refractivity contribution in [1.82, 2.24) is 4.98 Å². The number of esters is 1. The van der Waals surface area contributed by atoms with Gasteiger partial charge in [0.1, 0.15) is 5.69 Å². The van der Waals surface area contributed by atoms with Crippen molar-refractivity contribution in [2.75, 3.05) is 12.4 Å². The van der Waals surface area contributed by atoms with Gasteiger partial charge in [-0.2, -0.15) is 0 Å². The summed E-state index contributed by atoms with van der Waals surface area (Å²) in [5.41, 5.74) is 3.40. The number of hydrogen-bond acceptors (Lipinski definition) is 4. The van der Waals surface area contributed by atoms with Gasteiger partial charge < -0.3 is 10.1 Å². The van der Waals surface area contributed by atoms with Gasteiger partial charge in [0, 0.05) is 11.9 Å². The summed E-state index contributed by atoms with van der Waals surface area (Å²) in [5, 5.41) is 2.80. The molecule has 1 N–H and O–H groups in total. The SMILES string of the molecule is COC(=O)c1ccc(C(=O)Nc2ccc(C)cc2C)nc1. The van der Waals surface area contributed by atoms with E-state index < -0.39 is 5.97 Å². The molecule has 2 aromatic rings. The van der Waals surface area contributed by atoms with Crippen molar-refractivity contribution in [2.45, 2.75) is 13.8 Å². The van der Waals surface area contributed by atoms with Crippen molar-refractivity contribution >= 4 is 17.6 Å². The van der Waals surface area contributed by atoms with Gasteiger partial charge in [0.2, 0.25) is 0 Å². The maximum absolute atomic E-state index is 12.1. The largest absolute Gasteiger partial charge is 0.465 e. The minimum absolute atomic E-state index is 0.239. The number of carbonyl (C=O) groups excluding carboxylic acids is 2. The average Bonchev–Trinajstić information content (AvgIpc) is 2.49. The molecule has 0 aliphatic rings. The second-order valence-electron chi connectivity index (χ2n) is 4.70. The number of methoxy groups -OCH3 is 1. The number of ether oxygens (including phenoxy) is 1. The fourth-order valence-electron chi connectivity index (χ4n) is 1.91. The maximum Gasteiger partial charge on any atom is 0.339 e. The summed E-state index contributed by atoms with van der Waals surface area (Å²) in [6.45, 7) is 3.92. The Hall–Kier alpha value is -2.69. The van der Waals surface area contributed by atoms with E-state index >= 15 is 0 Å². The van der Waals surface area contributed by atoms with Gasteiger partial charge in [-0.05, 0) is 37.6 Å². The summed E-state index contributed by atoms with van der Waals surface area (Å²) in [7, 11) is 1.29. The van der Waals surface area contributed by atoms with Crippen LogP contribution in [0.4, 0.5) is 5.69 Å². The van der Waals surface area contributed by atoms with Crippen molar-refractivity contribution in [3.63, 3.8) is 0 Å². The van der Waals surface area contributed by atoms with Crippen LogP contribution >= 0.6 is 0 Å². The number of benzene rings is 1. The summed E-state index contributed by atoms with van der Waals surface area (Å²) in [6, 6.07) is 8.77.